The van der Waals surface area contributed by atoms with Crippen LogP contribution in [-0.4, -0.2) is 57.3 Å². The summed E-state index contributed by atoms with van der Waals surface area (Å²) in [6, 6.07) is 8.14. The van der Waals surface area contributed by atoms with E-state index in [2.05, 4.69) is 10.1 Å². The zero-order valence-electron chi connectivity index (χ0n) is 20.2. The number of esters is 1. The Bertz CT molecular complexity index is 1310. The predicted molar refractivity (Wildman–Crippen MR) is 133 cm³/mol. The molecule has 6 atom stereocenters. The Kier molecular flexibility index (Phi) is 9.07. The van der Waals surface area contributed by atoms with Gasteiger partial charge in [0.05, 0.1) is 12.7 Å². The highest BCUT2D eigenvalue weighted by Gasteiger charge is 2.58. The molecule has 1 aliphatic heterocycles. The van der Waals surface area contributed by atoms with Crippen LogP contribution in [0.2, 0.25) is 0 Å². The molecule has 1 aromatic carbocycles. The fraction of sp³-hybridized carbons (Fsp3) is 0.435. The van der Waals surface area contributed by atoms with E-state index >= 15 is 4.39 Å². The Balaban J connectivity index is 1.84. The number of aromatic nitrogens is 2. The van der Waals surface area contributed by atoms with Crippen LogP contribution in [0.25, 0.3) is 0 Å². The number of hydrogen-bond donors (Lipinski definition) is 3. The predicted octanol–water partition coefficient (Wildman–Crippen LogP) is 2.64. The van der Waals surface area contributed by atoms with E-state index in [1.807, 2.05) is 5.92 Å². The number of aliphatic hydroxyl groups excluding tert-OH is 1. The number of benzene rings is 1. The van der Waals surface area contributed by atoms with Crippen LogP contribution in [0.5, 0.6) is 5.75 Å². The van der Waals surface area contributed by atoms with Gasteiger partial charge in [0.25, 0.3) is 0 Å². The van der Waals surface area contributed by atoms with Crippen molar-refractivity contribution in [3.8, 4) is 18.1 Å². The van der Waals surface area contributed by atoms with Crippen molar-refractivity contribution in [2.75, 3.05) is 6.61 Å². The van der Waals surface area contributed by atoms with E-state index in [4.69, 9.17) is 37.2 Å². The van der Waals surface area contributed by atoms with Crippen molar-refractivity contribution in [2.24, 2.45) is 0 Å². The lowest BCUT2D eigenvalue weighted by Crippen LogP contribution is -2.44. The molecule has 3 rings (SSSR count). The van der Waals surface area contributed by atoms with Crippen LogP contribution in [0, 0.1) is 17.0 Å². The Hall–Kier alpha value is -2.85. The minimum atomic E-state index is -4.34. The maximum Gasteiger partial charge on any atom is 0.459 e. The van der Waals surface area contributed by atoms with Gasteiger partial charge in [0.15, 0.2) is 6.23 Å². The minimum Gasteiger partial charge on any atom is -0.462 e. The first-order valence-corrected chi connectivity index (χ1v) is 13.1. The van der Waals surface area contributed by atoms with Crippen LogP contribution in [0.4, 0.5) is 4.39 Å². The third-order valence-electron chi connectivity index (χ3n) is 5.21. The van der Waals surface area contributed by atoms with E-state index in [-0.39, 0.29) is 10.4 Å². The van der Waals surface area contributed by atoms with Crippen LogP contribution < -0.4 is 15.3 Å². The number of H-pyrrole nitrogens is 1. The first-order chi connectivity index (χ1) is 17.4. The zero-order valence-corrected chi connectivity index (χ0v) is 21.9. The van der Waals surface area contributed by atoms with Gasteiger partial charge in [0.2, 0.25) is 5.67 Å². The molecule has 0 spiro atoms. The van der Waals surface area contributed by atoms with Crippen molar-refractivity contribution in [1.82, 2.24) is 14.6 Å². The maximum absolute atomic E-state index is 15.7. The Morgan fingerprint density at radius 1 is 1.38 bits per heavy atom. The van der Waals surface area contributed by atoms with Gasteiger partial charge in [-0.2, -0.15) is 5.09 Å². The lowest BCUT2D eigenvalue weighted by atomic mass is 9.97. The summed E-state index contributed by atoms with van der Waals surface area (Å²) >= 11 is 4.88. The molecule has 14 heteroatoms. The number of alkyl halides is 1. The molecule has 0 aliphatic carbocycles. The summed E-state index contributed by atoms with van der Waals surface area (Å²) in [5.74, 6) is 1.26. The number of carbonyl (C=O) groups is 1. The van der Waals surface area contributed by atoms with Crippen molar-refractivity contribution in [3.05, 3.63) is 57.7 Å². The van der Waals surface area contributed by atoms with Gasteiger partial charge in [-0.15, -0.1) is 6.42 Å². The van der Waals surface area contributed by atoms with Crippen molar-refractivity contribution in [1.29, 1.82) is 0 Å². The fourth-order valence-electron chi connectivity index (χ4n) is 3.43. The molecule has 1 fully saturated rings. The Labute approximate surface area is 217 Å². The summed E-state index contributed by atoms with van der Waals surface area (Å²) in [6.45, 7) is 4.00. The molecular formula is C23H27FN3O8PS. The maximum atomic E-state index is 15.7. The number of terminal acetylenes is 1. The standard InChI is InChI=1S/C23H27FN3O8PS/c1-5-23(24)19(28)17(34-21(23)27-12-11-18(37)25-22(27)30)13-32-36(31,35-16-9-7-6-8-10-16)26-15(4)20(29)33-14(2)3/h1,6-12,14-15,17,19,21,28H,13H2,2-4H3,(H,26,31)(H,25,30,37)/t15-,17+,19-,21+,23?,36?/m0/s1. The highest BCUT2D eigenvalue weighted by Crippen LogP contribution is 2.47. The van der Waals surface area contributed by atoms with Crippen LogP contribution in [0.1, 0.15) is 27.0 Å². The van der Waals surface area contributed by atoms with Gasteiger partial charge in [0.1, 0.15) is 28.6 Å². The number of hydrogen-bond acceptors (Lipinski definition) is 9. The Morgan fingerprint density at radius 3 is 2.65 bits per heavy atom. The topological polar surface area (TPSA) is 141 Å². The molecule has 0 radical (unpaired) electrons. The quantitative estimate of drug-likeness (QED) is 0.173. The summed E-state index contributed by atoms with van der Waals surface area (Å²) in [4.78, 5) is 26.9. The molecule has 2 aromatic rings. The van der Waals surface area contributed by atoms with Gasteiger partial charge >= 0.3 is 19.4 Å². The fourth-order valence-corrected chi connectivity index (χ4v) is 5.08. The first-order valence-electron chi connectivity index (χ1n) is 11.2. The molecule has 2 heterocycles. The average molecular weight is 556 g/mol. The molecule has 0 bridgehead atoms. The summed E-state index contributed by atoms with van der Waals surface area (Å²) in [7, 11) is -4.34. The van der Waals surface area contributed by atoms with E-state index in [1.165, 1.54) is 31.3 Å². The molecule has 2 unspecified atom stereocenters. The van der Waals surface area contributed by atoms with Gasteiger partial charge < -0.3 is 19.1 Å². The number of nitrogens with one attached hydrogen (secondary N) is 2. The van der Waals surface area contributed by atoms with E-state index < -0.39 is 62.3 Å². The van der Waals surface area contributed by atoms with Crippen molar-refractivity contribution >= 4 is 25.9 Å². The van der Waals surface area contributed by atoms with Crippen LogP contribution >= 0.6 is 20.0 Å². The number of nitrogens with zero attached hydrogens (tertiary/aromatic N) is 1. The third kappa shape index (κ3) is 6.73. The second-order valence-corrected chi connectivity index (χ2v) is 10.6. The lowest BCUT2D eigenvalue weighted by molar-refractivity contribution is -0.149. The number of aromatic amines is 1. The highest BCUT2D eigenvalue weighted by molar-refractivity contribution is 7.71. The SMILES string of the molecule is C#CC1(F)[C@@H](O)[C@@H](COP(=O)(N[C@@H](C)C(=O)OC(C)C)Oc2ccccc2)O[C@H]1n1ccc(=S)[nH]c1=O. The Morgan fingerprint density at radius 2 is 2.05 bits per heavy atom. The molecule has 0 amide bonds. The van der Waals surface area contributed by atoms with Crippen LogP contribution in [-0.2, 0) is 23.4 Å². The summed E-state index contributed by atoms with van der Waals surface area (Å²) in [6.07, 6.45) is 0.889. The number of halogens is 1. The van der Waals surface area contributed by atoms with E-state index in [0.29, 0.717) is 0 Å². The zero-order chi connectivity index (χ0) is 27.4. The average Bonchev–Trinajstić information content (AvgIpc) is 3.08. The van der Waals surface area contributed by atoms with Gasteiger partial charge in [-0.3, -0.25) is 18.9 Å². The molecule has 0 saturated carbocycles. The largest absolute Gasteiger partial charge is 0.462 e. The first kappa shape index (κ1) is 28.7. The lowest BCUT2D eigenvalue weighted by Gasteiger charge is -2.25. The molecule has 1 aliphatic rings. The third-order valence-corrected chi connectivity index (χ3v) is 7.09. The summed E-state index contributed by atoms with van der Waals surface area (Å²) in [5, 5.41) is 13.1. The van der Waals surface area contributed by atoms with Crippen molar-refractivity contribution in [2.45, 2.75) is 57.0 Å². The molecule has 3 N–H and O–H groups in total. The number of ether oxygens (including phenoxy) is 2. The van der Waals surface area contributed by atoms with Crippen LogP contribution in [0.3, 0.4) is 0 Å². The van der Waals surface area contributed by atoms with E-state index in [9.17, 15) is 19.3 Å². The minimum absolute atomic E-state index is 0.0973. The normalized spacial score (nSPS) is 25.7. The molecule has 37 heavy (non-hydrogen) atoms. The molecule has 11 nitrogen and oxygen atoms in total. The number of carbonyl (C=O) groups excluding carboxylic acids is 1. The van der Waals surface area contributed by atoms with Crippen molar-refractivity contribution in [3.63, 3.8) is 0 Å². The number of para-hydroxylation sites is 1. The number of rotatable bonds is 10. The number of aliphatic hydroxyl groups is 1. The van der Waals surface area contributed by atoms with Crippen molar-refractivity contribution < 1.29 is 37.4 Å². The molecule has 200 valence electrons. The second kappa shape index (κ2) is 11.7. The summed E-state index contributed by atoms with van der Waals surface area (Å²) < 4.78 is 51.9. The van der Waals surface area contributed by atoms with Gasteiger partial charge in [-0.1, -0.05) is 36.3 Å². The highest BCUT2D eigenvalue weighted by atomic mass is 32.1. The van der Waals surface area contributed by atoms with E-state index in [0.717, 1.165) is 4.57 Å². The van der Waals surface area contributed by atoms with Crippen LogP contribution in [0.15, 0.2) is 47.4 Å². The smallest absolute Gasteiger partial charge is 0.459 e. The monoisotopic (exact) mass is 555 g/mol. The summed E-state index contributed by atoms with van der Waals surface area (Å²) in [5.41, 5.74) is -3.67. The molecule has 1 aromatic heterocycles. The van der Waals surface area contributed by atoms with Gasteiger partial charge in [-0.25, -0.2) is 13.8 Å². The molecule has 1 saturated heterocycles. The van der Waals surface area contributed by atoms with E-state index in [1.54, 1.807) is 32.0 Å². The van der Waals surface area contributed by atoms with Gasteiger partial charge in [0, 0.05) is 6.20 Å². The second-order valence-electron chi connectivity index (χ2n) is 8.44. The van der Waals surface area contributed by atoms with Gasteiger partial charge in [-0.05, 0) is 39.0 Å². The molecular weight excluding hydrogens is 528 g/mol.